The van der Waals surface area contributed by atoms with Crippen LogP contribution < -0.4 is 15.4 Å². The van der Waals surface area contributed by atoms with Crippen LogP contribution in [0.4, 0.5) is 0 Å². The SMILES string of the molecule is CCNC(=NCc1cccc(OCCCOC)c1)NC1CCC(SC)C1.I. The van der Waals surface area contributed by atoms with E-state index in [9.17, 15) is 0 Å². The van der Waals surface area contributed by atoms with Gasteiger partial charge in [-0.1, -0.05) is 12.1 Å². The standard InChI is InChI=1S/C20H33N3O2S.HI/c1-4-21-20(23-17-9-10-19(14-17)26-3)22-15-16-7-5-8-18(13-16)25-12-6-11-24-2;/h5,7-8,13,17,19H,4,6,9-12,14-15H2,1-3H3,(H2,21,22,23);1H. The molecule has 2 atom stereocenters. The zero-order valence-corrected chi connectivity index (χ0v) is 19.8. The zero-order chi connectivity index (χ0) is 18.6. The van der Waals surface area contributed by atoms with Gasteiger partial charge < -0.3 is 20.1 Å². The molecule has 154 valence electrons. The molecule has 27 heavy (non-hydrogen) atoms. The van der Waals surface area contributed by atoms with Gasteiger partial charge in [0.15, 0.2) is 5.96 Å². The van der Waals surface area contributed by atoms with Gasteiger partial charge in [-0.2, -0.15) is 11.8 Å². The smallest absolute Gasteiger partial charge is 0.191 e. The number of methoxy groups -OCH3 is 1. The minimum Gasteiger partial charge on any atom is -0.493 e. The van der Waals surface area contributed by atoms with Gasteiger partial charge in [0.1, 0.15) is 5.75 Å². The maximum Gasteiger partial charge on any atom is 0.191 e. The molecule has 0 aromatic heterocycles. The second-order valence-electron chi connectivity index (χ2n) is 6.55. The quantitative estimate of drug-likeness (QED) is 0.217. The fourth-order valence-electron chi connectivity index (χ4n) is 3.10. The summed E-state index contributed by atoms with van der Waals surface area (Å²) in [4.78, 5) is 4.76. The van der Waals surface area contributed by atoms with Gasteiger partial charge in [0.05, 0.1) is 13.2 Å². The summed E-state index contributed by atoms with van der Waals surface area (Å²) in [5, 5.41) is 7.74. The molecule has 0 bridgehead atoms. The van der Waals surface area contributed by atoms with Crippen LogP contribution in [-0.4, -0.2) is 50.4 Å². The lowest BCUT2D eigenvalue weighted by molar-refractivity contribution is 0.172. The predicted molar refractivity (Wildman–Crippen MR) is 127 cm³/mol. The number of nitrogens with one attached hydrogen (secondary N) is 2. The van der Waals surface area contributed by atoms with Crippen LogP contribution in [0.2, 0.25) is 0 Å². The summed E-state index contributed by atoms with van der Waals surface area (Å²) < 4.78 is 10.8. The van der Waals surface area contributed by atoms with E-state index in [2.05, 4.69) is 35.9 Å². The first-order valence-electron chi connectivity index (χ1n) is 9.53. The van der Waals surface area contributed by atoms with Gasteiger partial charge in [0.25, 0.3) is 0 Å². The molecule has 0 amide bonds. The van der Waals surface area contributed by atoms with Crippen LogP contribution in [0.3, 0.4) is 0 Å². The zero-order valence-electron chi connectivity index (χ0n) is 16.7. The molecule has 1 saturated carbocycles. The second-order valence-corrected chi connectivity index (χ2v) is 7.69. The molecule has 1 aliphatic carbocycles. The lowest BCUT2D eigenvalue weighted by atomic mass is 10.2. The number of benzene rings is 1. The van der Waals surface area contributed by atoms with Crippen LogP contribution in [0.15, 0.2) is 29.3 Å². The minimum absolute atomic E-state index is 0. The average Bonchev–Trinajstić information content (AvgIpc) is 3.11. The van der Waals surface area contributed by atoms with Crippen LogP contribution >= 0.6 is 35.7 Å². The van der Waals surface area contributed by atoms with Crippen LogP contribution in [0, 0.1) is 0 Å². The van der Waals surface area contributed by atoms with Crippen molar-refractivity contribution >= 4 is 41.7 Å². The Morgan fingerprint density at radius 3 is 2.85 bits per heavy atom. The summed E-state index contributed by atoms with van der Waals surface area (Å²) in [5.41, 5.74) is 1.15. The topological polar surface area (TPSA) is 54.9 Å². The molecule has 0 spiro atoms. The van der Waals surface area contributed by atoms with Crippen molar-refractivity contribution < 1.29 is 9.47 Å². The van der Waals surface area contributed by atoms with Crippen molar-refractivity contribution in [1.29, 1.82) is 0 Å². The second kappa shape index (κ2) is 14.3. The van der Waals surface area contributed by atoms with Crippen molar-refractivity contribution in [3.05, 3.63) is 29.8 Å². The number of thioether (sulfide) groups is 1. The first-order chi connectivity index (χ1) is 12.7. The molecule has 2 unspecified atom stereocenters. The highest BCUT2D eigenvalue weighted by atomic mass is 127. The summed E-state index contributed by atoms with van der Waals surface area (Å²) >= 11 is 1.98. The molecule has 0 radical (unpaired) electrons. The molecule has 1 aliphatic rings. The summed E-state index contributed by atoms with van der Waals surface area (Å²) in [6.07, 6.45) is 6.83. The maximum absolute atomic E-state index is 5.77. The number of ether oxygens (including phenoxy) is 2. The molecule has 7 heteroatoms. The fourth-order valence-corrected chi connectivity index (χ4v) is 3.89. The molecule has 0 heterocycles. The van der Waals surface area contributed by atoms with Crippen LogP contribution in [0.5, 0.6) is 5.75 Å². The van der Waals surface area contributed by atoms with Crippen molar-refractivity contribution in [2.24, 2.45) is 4.99 Å². The van der Waals surface area contributed by atoms with E-state index in [1.807, 2.05) is 23.9 Å². The van der Waals surface area contributed by atoms with Crippen molar-refractivity contribution in [2.75, 3.05) is 33.1 Å². The number of rotatable bonds is 10. The largest absolute Gasteiger partial charge is 0.493 e. The summed E-state index contributed by atoms with van der Waals surface area (Å²) in [6.45, 7) is 5.00. The molecular formula is C20H34IN3O2S. The van der Waals surface area contributed by atoms with Gasteiger partial charge in [-0.05, 0) is 50.1 Å². The van der Waals surface area contributed by atoms with Gasteiger partial charge in [-0.3, -0.25) is 0 Å². The van der Waals surface area contributed by atoms with E-state index in [0.29, 0.717) is 19.2 Å². The number of hydrogen-bond acceptors (Lipinski definition) is 4. The van der Waals surface area contributed by atoms with Crippen molar-refractivity contribution in [3.8, 4) is 5.75 Å². The number of halogens is 1. The maximum atomic E-state index is 5.77. The Balaban J connectivity index is 0.00000364. The molecule has 2 rings (SSSR count). The fraction of sp³-hybridized carbons (Fsp3) is 0.650. The Morgan fingerprint density at radius 1 is 1.30 bits per heavy atom. The highest BCUT2D eigenvalue weighted by Gasteiger charge is 2.24. The van der Waals surface area contributed by atoms with Crippen molar-refractivity contribution in [3.63, 3.8) is 0 Å². The van der Waals surface area contributed by atoms with E-state index in [-0.39, 0.29) is 24.0 Å². The lowest BCUT2D eigenvalue weighted by Crippen LogP contribution is -2.42. The van der Waals surface area contributed by atoms with E-state index in [1.54, 1.807) is 7.11 Å². The van der Waals surface area contributed by atoms with E-state index in [1.165, 1.54) is 19.3 Å². The molecule has 2 N–H and O–H groups in total. The first-order valence-corrected chi connectivity index (χ1v) is 10.8. The van der Waals surface area contributed by atoms with Crippen molar-refractivity contribution in [2.45, 2.75) is 50.4 Å². The van der Waals surface area contributed by atoms with Gasteiger partial charge in [0, 0.05) is 38.0 Å². The summed E-state index contributed by atoms with van der Waals surface area (Å²) in [5.74, 6) is 1.80. The van der Waals surface area contributed by atoms with Crippen LogP contribution in [0.25, 0.3) is 0 Å². The molecule has 0 aliphatic heterocycles. The van der Waals surface area contributed by atoms with E-state index >= 15 is 0 Å². The number of guanidine groups is 1. The predicted octanol–water partition coefficient (Wildman–Crippen LogP) is 4.06. The van der Waals surface area contributed by atoms with Crippen LogP contribution in [0.1, 0.15) is 38.2 Å². The molecule has 1 aromatic rings. The Kier molecular flexibility index (Phi) is 12.9. The van der Waals surface area contributed by atoms with E-state index in [0.717, 1.165) is 42.1 Å². The Hall–Kier alpha value is -0.670. The molecule has 5 nitrogen and oxygen atoms in total. The van der Waals surface area contributed by atoms with Crippen LogP contribution in [-0.2, 0) is 11.3 Å². The average molecular weight is 507 g/mol. The summed E-state index contributed by atoms with van der Waals surface area (Å²) in [7, 11) is 1.71. The summed E-state index contributed by atoms with van der Waals surface area (Å²) in [6, 6.07) is 8.70. The van der Waals surface area contributed by atoms with Crippen molar-refractivity contribution in [1.82, 2.24) is 10.6 Å². The normalized spacial score (nSPS) is 19.4. The van der Waals surface area contributed by atoms with Gasteiger partial charge in [0.2, 0.25) is 0 Å². The Bertz CT molecular complexity index is 560. The first kappa shape index (κ1) is 24.4. The molecule has 1 aromatic carbocycles. The number of nitrogens with zero attached hydrogens (tertiary/aromatic N) is 1. The number of hydrogen-bond donors (Lipinski definition) is 2. The number of aliphatic imine (C=N–C) groups is 1. The van der Waals surface area contributed by atoms with Gasteiger partial charge in [-0.25, -0.2) is 4.99 Å². The monoisotopic (exact) mass is 507 g/mol. The third-order valence-corrected chi connectivity index (χ3v) is 5.58. The van der Waals surface area contributed by atoms with E-state index in [4.69, 9.17) is 14.5 Å². The highest BCUT2D eigenvalue weighted by Crippen LogP contribution is 2.28. The highest BCUT2D eigenvalue weighted by molar-refractivity contribution is 14.0. The van der Waals surface area contributed by atoms with Gasteiger partial charge >= 0.3 is 0 Å². The molecule has 0 saturated heterocycles. The Morgan fingerprint density at radius 2 is 2.15 bits per heavy atom. The van der Waals surface area contributed by atoms with E-state index < -0.39 is 0 Å². The third-order valence-electron chi connectivity index (χ3n) is 4.48. The van der Waals surface area contributed by atoms with Gasteiger partial charge in [-0.15, -0.1) is 24.0 Å². The minimum atomic E-state index is 0. The lowest BCUT2D eigenvalue weighted by Gasteiger charge is -2.17. The third kappa shape index (κ3) is 9.38. The molecular weight excluding hydrogens is 473 g/mol. The Labute approximate surface area is 185 Å². The molecule has 1 fully saturated rings.